The number of pyridine rings is 2. The van der Waals surface area contributed by atoms with E-state index in [4.69, 9.17) is 43.1 Å². The molecule has 2 aliphatic rings. The lowest BCUT2D eigenvalue weighted by atomic mass is 10.1. The van der Waals surface area contributed by atoms with E-state index in [1.54, 1.807) is 34.9 Å². The highest BCUT2D eigenvalue weighted by atomic mass is 35.5. The van der Waals surface area contributed by atoms with Crippen LogP contribution in [0.1, 0.15) is 64.3 Å². The van der Waals surface area contributed by atoms with Crippen LogP contribution in [0.25, 0.3) is 22.3 Å². The van der Waals surface area contributed by atoms with Gasteiger partial charge in [0.2, 0.25) is 10.9 Å². The van der Waals surface area contributed by atoms with Crippen molar-refractivity contribution < 1.29 is 32.6 Å². The number of rotatable bonds is 16. The number of methoxy groups -OCH3 is 1. The van der Waals surface area contributed by atoms with Crippen LogP contribution in [0.5, 0.6) is 29.3 Å². The lowest BCUT2D eigenvalue weighted by Gasteiger charge is -2.12. The third-order valence-corrected chi connectivity index (χ3v) is 12.7. The number of anilines is 4. The molecule has 2 amide bonds. The molecule has 6 aromatic heterocycles. The fraction of sp³-hybridized carbons (Fsp3) is 0.148. The molecule has 9 aromatic rings. The molecule has 0 radical (unpaired) electrons. The molecule has 2 aliphatic carbocycles. The molecule has 0 bridgehead atoms. The van der Waals surface area contributed by atoms with Gasteiger partial charge in [-0.05, 0) is 78.8 Å². The van der Waals surface area contributed by atoms with Crippen molar-refractivity contribution >= 4 is 58.0 Å². The molecule has 0 atom stereocenters. The van der Waals surface area contributed by atoms with Gasteiger partial charge in [0.15, 0.2) is 22.9 Å². The van der Waals surface area contributed by atoms with Gasteiger partial charge in [-0.25, -0.2) is 38.7 Å². The molecule has 25 heteroatoms. The number of hydrogen-bond donors (Lipinski definition) is 4. The lowest BCUT2D eigenvalue weighted by molar-refractivity contribution is 0.101. The molecule has 2 saturated carbocycles. The molecule has 3 aromatic carbocycles. The first-order chi connectivity index (χ1) is 38.3. The minimum atomic E-state index is -0.726. The minimum absolute atomic E-state index is 0.0234. The third-order valence-electron chi connectivity index (χ3n) is 12.0. The number of aromatic nitrogens is 10. The Hall–Kier alpha value is -9.74. The topological polar surface area (TPSA) is 271 Å². The van der Waals surface area contributed by atoms with Crippen molar-refractivity contribution in [2.24, 2.45) is 0 Å². The number of carbonyl (C=O) groups excluding carboxylic acids is 2. The van der Waals surface area contributed by atoms with E-state index in [1.807, 2.05) is 24.3 Å². The minimum Gasteiger partial charge on any atom is -0.497 e. The fourth-order valence-corrected chi connectivity index (χ4v) is 7.93. The molecule has 0 aliphatic heterocycles. The molecule has 11 rings (SSSR count). The van der Waals surface area contributed by atoms with Gasteiger partial charge in [-0.1, -0.05) is 59.6 Å². The first-order valence-corrected chi connectivity index (χ1v) is 24.8. The van der Waals surface area contributed by atoms with Crippen molar-refractivity contribution in [3.8, 4) is 51.5 Å². The Morgan fingerprint density at radius 1 is 0.620 bits per heavy atom. The summed E-state index contributed by atoms with van der Waals surface area (Å²) in [5, 5.41) is 17.3. The van der Waals surface area contributed by atoms with Gasteiger partial charge >= 0.3 is 12.0 Å². The first kappa shape index (κ1) is 52.7. The number of ether oxygens (including phenoxy) is 3. The molecule has 0 unspecified atom stereocenters. The first-order valence-electron chi connectivity index (χ1n) is 24.1. The van der Waals surface area contributed by atoms with Crippen molar-refractivity contribution in [2.75, 3.05) is 28.8 Å². The Kier molecular flexibility index (Phi) is 15.5. The maximum atomic E-state index is 13.5. The summed E-state index contributed by atoms with van der Waals surface area (Å²) in [5.41, 5.74) is 6.83. The van der Waals surface area contributed by atoms with Gasteiger partial charge in [0, 0.05) is 54.6 Å². The summed E-state index contributed by atoms with van der Waals surface area (Å²) in [6.45, 7) is 0.471. The van der Waals surface area contributed by atoms with E-state index in [1.165, 1.54) is 91.8 Å². The zero-order valence-corrected chi connectivity index (χ0v) is 42.8. The molecule has 6 heterocycles. The van der Waals surface area contributed by atoms with Crippen LogP contribution in [0.2, 0.25) is 10.0 Å². The van der Waals surface area contributed by atoms with Crippen LogP contribution < -0.4 is 46.8 Å². The summed E-state index contributed by atoms with van der Waals surface area (Å²) < 4.78 is 46.5. The second-order valence-electron chi connectivity index (χ2n) is 17.7. The summed E-state index contributed by atoms with van der Waals surface area (Å²) in [6, 6.07) is 21.8. The summed E-state index contributed by atoms with van der Waals surface area (Å²) in [4.78, 5) is 76.9. The van der Waals surface area contributed by atoms with Crippen molar-refractivity contribution in [3.05, 3.63) is 194 Å². The van der Waals surface area contributed by atoms with Crippen molar-refractivity contribution in [1.29, 1.82) is 0 Å². The number of hydrogen-bond acceptors (Lipinski definition) is 17. The Bertz CT molecular complexity index is 3830. The predicted molar refractivity (Wildman–Crippen MR) is 288 cm³/mol. The van der Waals surface area contributed by atoms with E-state index in [2.05, 4.69) is 56.1 Å². The number of nitrogens with zero attached hydrogens (tertiary/aromatic N) is 10. The van der Waals surface area contributed by atoms with Gasteiger partial charge in [-0.15, -0.1) is 0 Å². The molecular weight excluding hydrogens is 1070 g/mol. The molecule has 21 nitrogen and oxygen atoms in total. The smallest absolute Gasteiger partial charge is 0.322 e. The summed E-state index contributed by atoms with van der Waals surface area (Å²) in [5.74, 6) is -0.538. The highest BCUT2D eigenvalue weighted by Crippen LogP contribution is 2.37. The molecule has 2 fully saturated rings. The zero-order chi connectivity index (χ0) is 55.2. The van der Waals surface area contributed by atoms with Crippen LogP contribution in [0.3, 0.4) is 0 Å². The van der Waals surface area contributed by atoms with Crippen LogP contribution in [-0.4, -0.2) is 68.4 Å². The molecule has 398 valence electrons. The molecule has 0 saturated heterocycles. The van der Waals surface area contributed by atoms with Crippen molar-refractivity contribution in [1.82, 2.24) is 49.5 Å². The summed E-state index contributed by atoms with van der Waals surface area (Å²) in [7, 11) is 1.61. The largest absolute Gasteiger partial charge is 0.497 e. The van der Waals surface area contributed by atoms with Gasteiger partial charge in [0.05, 0.1) is 55.4 Å². The van der Waals surface area contributed by atoms with Gasteiger partial charge in [-0.3, -0.25) is 28.5 Å². The maximum absolute atomic E-state index is 13.5. The zero-order valence-electron chi connectivity index (χ0n) is 41.3. The van der Waals surface area contributed by atoms with E-state index in [9.17, 15) is 28.0 Å². The summed E-state index contributed by atoms with van der Waals surface area (Å²) in [6.07, 6.45) is 15.0. The maximum Gasteiger partial charge on any atom is 0.322 e. The van der Waals surface area contributed by atoms with E-state index in [0.717, 1.165) is 37.0 Å². The Balaban J connectivity index is 0.000000183. The van der Waals surface area contributed by atoms with Crippen LogP contribution in [0.15, 0.2) is 144 Å². The monoisotopic (exact) mass is 1110 g/mol. The lowest BCUT2D eigenvalue weighted by Crippen LogP contribution is -2.27. The highest BCUT2D eigenvalue weighted by Gasteiger charge is 2.29. The highest BCUT2D eigenvalue weighted by molar-refractivity contribution is 6.34. The molecular formula is C54H42Cl2F2N14O7. The number of carbonyl (C=O) groups is 2. The number of halogens is 4. The molecule has 79 heavy (non-hydrogen) atoms. The Morgan fingerprint density at radius 2 is 1.06 bits per heavy atom. The average molecular weight is 1110 g/mol. The number of nitrogens with one attached hydrogen (secondary N) is 3. The van der Waals surface area contributed by atoms with Gasteiger partial charge in [-0.2, -0.15) is 10.2 Å². The van der Waals surface area contributed by atoms with E-state index in [0.29, 0.717) is 23.5 Å². The van der Waals surface area contributed by atoms with Crippen LogP contribution >= 0.6 is 23.2 Å². The quantitative estimate of drug-likeness (QED) is 0.0701. The number of nitrogens with two attached hydrogens (primary N) is 1. The van der Waals surface area contributed by atoms with Crippen LogP contribution in [0.4, 0.5) is 31.8 Å². The number of nitrogen functional groups attached to an aromatic ring is 1. The Labute approximate surface area is 456 Å². The SMILES string of the molecule is COc1ccc(CNc2nccc(Oc3ncc(NC(=O)c4nn(C5CC5)cc(-c5ccc(F)cc5)c4=O)cn3)c2Cl)cc1.Nc1nccc(Oc2ncc(NC(=O)c3nn(C4CC4)cc(-c4ccc(F)cc4)c3=O)cn2)c1Cl. The van der Waals surface area contributed by atoms with Crippen molar-refractivity contribution in [2.45, 2.75) is 44.3 Å². The fourth-order valence-electron chi connectivity index (χ4n) is 7.56. The second kappa shape index (κ2) is 23.2. The predicted octanol–water partition coefficient (Wildman–Crippen LogP) is 9.74. The van der Waals surface area contributed by atoms with E-state index < -0.39 is 34.3 Å². The van der Waals surface area contributed by atoms with Gasteiger partial charge in [0.25, 0.3) is 11.8 Å². The van der Waals surface area contributed by atoms with Crippen LogP contribution in [-0.2, 0) is 6.54 Å². The van der Waals surface area contributed by atoms with E-state index in [-0.39, 0.29) is 85.4 Å². The number of benzene rings is 3. The van der Waals surface area contributed by atoms with Crippen LogP contribution in [0, 0.1) is 11.6 Å². The van der Waals surface area contributed by atoms with Crippen molar-refractivity contribution in [3.63, 3.8) is 0 Å². The van der Waals surface area contributed by atoms with E-state index >= 15 is 0 Å². The standard InChI is InChI=1S/C31H25ClFN7O4.C23H17ClFN7O3/c1-43-23-10-2-18(3-11-23)14-35-29-26(32)25(12-13-34-29)44-31-36-15-21(16-37-31)38-30(42)27-28(41)24(17-40(39-27)22-8-9-22)19-4-6-20(33)7-5-19;24-18-17(7-8-27-21(18)26)35-23-28-9-14(10-29-23)30-22(34)19-20(33)16(11-32(31-19)15-5-6-15)12-1-3-13(25)4-2-12/h2-7,10-13,15-17,22H,8-9,14H2,1H3,(H,34,35)(H,38,42);1-4,7-11,15H,5-6H2,(H2,26,27)(H,30,34). The van der Waals surface area contributed by atoms with Gasteiger partial charge in [0.1, 0.15) is 39.1 Å². The average Bonchev–Trinajstić information content (AvgIpc) is 4.45. The Morgan fingerprint density at radius 3 is 1.51 bits per heavy atom. The summed E-state index contributed by atoms with van der Waals surface area (Å²) >= 11 is 12.6. The molecule has 5 N–H and O–H groups in total. The van der Waals surface area contributed by atoms with Gasteiger partial charge < -0.3 is 35.9 Å². The normalized spacial score (nSPS) is 12.6. The second-order valence-corrected chi connectivity index (χ2v) is 18.4. The number of amides is 2. The third kappa shape index (κ3) is 12.8. The molecule has 0 spiro atoms.